The second-order valence-electron chi connectivity index (χ2n) is 5.96. The maximum atomic E-state index is 13.0. The summed E-state index contributed by atoms with van der Waals surface area (Å²) in [5, 5.41) is 7.96. The first-order valence-electron chi connectivity index (χ1n) is 8.16. The van der Waals surface area contributed by atoms with Gasteiger partial charge >= 0.3 is 0 Å². The van der Waals surface area contributed by atoms with Crippen molar-refractivity contribution in [1.29, 1.82) is 0 Å². The minimum absolute atomic E-state index is 0.00525. The summed E-state index contributed by atoms with van der Waals surface area (Å²) < 4.78 is 0. The predicted octanol–water partition coefficient (Wildman–Crippen LogP) is 2.51. The number of aromatic nitrogens is 2. The molecule has 1 heterocycles. The van der Waals surface area contributed by atoms with E-state index in [0.29, 0.717) is 25.2 Å². The molecule has 124 valence electrons. The van der Waals surface area contributed by atoms with Crippen LogP contribution in [-0.4, -0.2) is 40.6 Å². The summed E-state index contributed by atoms with van der Waals surface area (Å²) in [6, 6.07) is 14.1. The molecule has 0 saturated carbocycles. The molecule has 0 aliphatic heterocycles. The number of carbonyl (C=O) groups excluding carboxylic acids is 1. The number of hydrogen-bond acceptors (Lipinski definition) is 3. The Kier molecular flexibility index (Phi) is 4.91. The van der Waals surface area contributed by atoms with Crippen LogP contribution < -0.4 is 5.73 Å². The lowest BCUT2D eigenvalue weighted by Crippen LogP contribution is -2.37. The largest absolute Gasteiger partial charge is 0.337 e. The molecule has 0 atom stereocenters. The van der Waals surface area contributed by atoms with Gasteiger partial charge in [0.2, 0.25) is 0 Å². The number of rotatable bonds is 6. The van der Waals surface area contributed by atoms with E-state index in [1.54, 1.807) is 6.20 Å². The van der Waals surface area contributed by atoms with Crippen LogP contribution in [-0.2, 0) is 6.42 Å². The molecule has 1 amide bonds. The fourth-order valence-electron chi connectivity index (χ4n) is 2.93. The lowest BCUT2D eigenvalue weighted by molar-refractivity contribution is 0.0764. The van der Waals surface area contributed by atoms with E-state index in [2.05, 4.69) is 22.3 Å². The highest BCUT2D eigenvalue weighted by atomic mass is 16.2. The van der Waals surface area contributed by atoms with E-state index >= 15 is 0 Å². The first kappa shape index (κ1) is 16.2. The van der Waals surface area contributed by atoms with Gasteiger partial charge in [0.1, 0.15) is 0 Å². The lowest BCUT2D eigenvalue weighted by Gasteiger charge is -2.22. The lowest BCUT2D eigenvalue weighted by atomic mass is 10.1. The molecule has 0 bridgehead atoms. The molecule has 3 aromatic rings. The Balaban J connectivity index is 1.84. The maximum Gasteiger partial charge on any atom is 0.256 e. The standard InChI is InChI=1S/C19H22N4O/c1-14-11-16-13-21-22-18(16)17(12-14)19(24)23(10-8-20)9-7-15-5-3-2-4-6-15/h2-6,11-13H,7-10,20H2,1H3,(H,21,22). The average Bonchev–Trinajstić information content (AvgIpc) is 3.06. The zero-order valence-electron chi connectivity index (χ0n) is 13.8. The van der Waals surface area contributed by atoms with Crippen molar-refractivity contribution in [2.75, 3.05) is 19.6 Å². The summed E-state index contributed by atoms with van der Waals surface area (Å²) in [5.74, 6) is -0.00525. The van der Waals surface area contributed by atoms with Gasteiger partial charge in [0, 0.05) is 25.0 Å². The van der Waals surface area contributed by atoms with Gasteiger partial charge in [-0.1, -0.05) is 30.3 Å². The van der Waals surface area contributed by atoms with E-state index in [-0.39, 0.29) is 5.91 Å². The highest BCUT2D eigenvalue weighted by Gasteiger charge is 2.19. The Hall–Kier alpha value is -2.66. The fraction of sp³-hybridized carbons (Fsp3) is 0.263. The van der Waals surface area contributed by atoms with Gasteiger partial charge < -0.3 is 10.6 Å². The number of aryl methyl sites for hydroxylation is 1. The van der Waals surface area contributed by atoms with E-state index in [1.165, 1.54) is 5.56 Å². The van der Waals surface area contributed by atoms with E-state index in [0.717, 1.165) is 22.9 Å². The van der Waals surface area contributed by atoms with Crippen LogP contribution in [0, 0.1) is 6.92 Å². The minimum atomic E-state index is -0.00525. The number of nitrogens with zero attached hydrogens (tertiary/aromatic N) is 2. The Morgan fingerprint density at radius 3 is 2.75 bits per heavy atom. The van der Waals surface area contributed by atoms with E-state index in [9.17, 15) is 4.79 Å². The second kappa shape index (κ2) is 7.27. The first-order valence-corrected chi connectivity index (χ1v) is 8.16. The van der Waals surface area contributed by atoms with Crippen LogP contribution in [0.5, 0.6) is 0 Å². The molecular weight excluding hydrogens is 300 g/mol. The second-order valence-corrected chi connectivity index (χ2v) is 5.96. The number of nitrogens with two attached hydrogens (primary N) is 1. The van der Waals surface area contributed by atoms with Crippen LogP contribution in [0.25, 0.3) is 10.9 Å². The van der Waals surface area contributed by atoms with E-state index in [1.807, 2.05) is 42.2 Å². The van der Waals surface area contributed by atoms with Crippen molar-refractivity contribution in [3.63, 3.8) is 0 Å². The number of H-pyrrole nitrogens is 1. The molecule has 0 fully saturated rings. The van der Waals surface area contributed by atoms with Gasteiger partial charge in [0.25, 0.3) is 5.91 Å². The third-order valence-corrected chi connectivity index (χ3v) is 4.12. The molecule has 5 heteroatoms. The number of amides is 1. The van der Waals surface area contributed by atoms with Gasteiger partial charge in [-0.15, -0.1) is 0 Å². The van der Waals surface area contributed by atoms with Crippen molar-refractivity contribution >= 4 is 16.8 Å². The van der Waals surface area contributed by atoms with Gasteiger partial charge in [-0.3, -0.25) is 9.89 Å². The van der Waals surface area contributed by atoms with Crippen molar-refractivity contribution in [3.05, 3.63) is 65.4 Å². The van der Waals surface area contributed by atoms with Crippen molar-refractivity contribution < 1.29 is 4.79 Å². The van der Waals surface area contributed by atoms with Crippen molar-refractivity contribution in [1.82, 2.24) is 15.1 Å². The highest BCUT2D eigenvalue weighted by Crippen LogP contribution is 2.20. The summed E-state index contributed by atoms with van der Waals surface area (Å²) in [6.07, 6.45) is 2.56. The number of nitrogens with one attached hydrogen (secondary N) is 1. The van der Waals surface area contributed by atoms with Crippen LogP contribution in [0.15, 0.2) is 48.7 Å². The van der Waals surface area contributed by atoms with Crippen molar-refractivity contribution in [2.24, 2.45) is 5.73 Å². The van der Waals surface area contributed by atoms with Gasteiger partial charge in [-0.05, 0) is 36.6 Å². The number of fused-ring (bicyclic) bond motifs is 1. The Morgan fingerprint density at radius 1 is 1.21 bits per heavy atom. The molecule has 0 aliphatic carbocycles. The molecule has 0 unspecified atom stereocenters. The monoisotopic (exact) mass is 322 g/mol. The molecule has 2 aromatic carbocycles. The van der Waals surface area contributed by atoms with Crippen LogP contribution in [0.4, 0.5) is 0 Å². The van der Waals surface area contributed by atoms with Crippen LogP contribution in [0.2, 0.25) is 0 Å². The van der Waals surface area contributed by atoms with Crippen molar-refractivity contribution in [2.45, 2.75) is 13.3 Å². The Labute approximate surface area is 141 Å². The molecule has 0 aliphatic rings. The SMILES string of the molecule is Cc1cc(C(=O)N(CCN)CCc2ccccc2)c2[nH]ncc2c1. The van der Waals surface area contributed by atoms with Crippen LogP contribution in [0.3, 0.4) is 0 Å². The van der Waals surface area contributed by atoms with E-state index < -0.39 is 0 Å². The maximum absolute atomic E-state index is 13.0. The van der Waals surface area contributed by atoms with Crippen LogP contribution in [0.1, 0.15) is 21.5 Å². The summed E-state index contributed by atoms with van der Waals surface area (Å²) in [7, 11) is 0. The van der Waals surface area contributed by atoms with Gasteiger partial charge in [0.05, 0.1) is 17.3 Å². The first-order chi connectivity index (χ1) is 11.7. The van der Waals surface area contributed by atoms with Gasteiger partial charge in [-0.25, -0.2) is 0 Å². The molecule has 3 N–H and O–H groups in total. The Morgan fingerprint density at radius 2 is 2.00 bits per heavy atom. The quantitative estimate of drug-likeness (QED) is 0.732. The summed E-state index contributed by atoms with van der Waals surface area (Å²) >= 11 is 0. The normalized spacial score (nSPS) is 10.9. The molecule has 24 heavy (non-hydrogen) atoms. The molecule has 3 rings (SSSR count). The number of benzene rings is 2. The topological polar surface area (TPSA) is 75.0 Å². The number of aromatic amines is 1. The molecular formula is C19H22N4O. The van der Waals surface area contributed by atoms with Crippen molar-refractivity contribution in [3.8, 4) is 0 Å². The molecule has 0 saturated heterocycles. The number of hydrogen-bond donors (Lipinski definition) is 2. The third-order valence-electron chi connectivity index (χ3n) is 4.12. The zero-order chi connectivity index (χ0) is 16.9. The van der Waals surface area contributed by atoms with E-state index in [4.69, 9.17) is 5.73 Å². The van der Waals surface area contributed by atoms with Gasteiger partial charge in [0.15, 0.2) is 0 Å². The van der Waals surface area contributed by atoms with Crippen LogP contribution >= 0.6 is 0 Å². The predicted molar refractivity (Wildman–Crippen MR) is 95.9 cm³/mol. The minimum Gasteiger partial charge on any atom is -0.337 e. The summed E-state index contributed by atoms with van der Waals surface area (Å²) in [5.41, 5.74) is 9.42. The molecule has 0 spiro atoms. The highest BCUT2D eigenvalue weighted by molar-refractivity contribution is 6.05. The smallest absolute Gasteiger partial charge is 0.256 e. The zero-order valence-corrected chi connectivity index (χ0v) is 13.8. The average molecular weight is 322 g/mol. The summed E-state index contributed by atoms with van der Waals surface area (Å²) in [6.45, 7) is 3.61. The third kappa shape index (κ3) is 3.46. The fourth-order valence-corrected chi connectivity index (χ4v) is 2.93. The Bertz CT molecular complexity index is 826. The molecule has 1 aromatic heterocycles. The molecule has 5 nitrogen and oxygen atoms in total. The number of carbonyl (C=O) groups is 1. The summed E-state index contributed by atoms with van der Waals surface area (Å²) in [4.78, 5) is 14.9. The molecule has 0 radical (unpaired) electrons. The van der Waals surface area contributed by atoms with Gasteiger partial charge in [-0.2, -0.15) is 5.10 Å².